The fourth-order valence-corrected chi connectivity index (χ4v) is 2.04. The van der Waals surface area contributed by atoms with Gasteiger partial charge >= 0.3 is 0 Å². The van der Waals surface area contributed by atoms with Crippen molar-refractivity contribution in [2.24, 2.45) is 5.92 Å². The average molecular weight is 264 g/mol. The molecule has 3 heteroatoms. The van der Waals surface area contributed by atoms with Crippen molar-refractivity contribution in [3.63, 3.8) is 0 Å². The highest BCUT2D eigenvalue weighted by atomic mass is 79.9. The van der Waals surface area contributed by atoms with Crippen molar-refractivity contribution >= 4 is 21.8 Å². The van der Waals surface area contributed by atoms with Crippen LogP contribution in [-0.4, -0.2) is 17.3 Å². The monoisotopic (exact) mass is 263 g/mol. The zero-order valence-corrected chi connectivity index (χ0v) is 11.1. The predicted octanol–water partition coefficient (Wildman–Crippen LogP) is 3.10. The van der Waals surface area contributed by atoms with Crippen molar-refractivity contribution in [3.8, 4) is 0 Å². The first-order valence-corrected chi connectivity index (χ1v) is 6.67. The zero-order chi connectivity index (χ0) is 11.0. The molecule has 2 nitrogen and oxygen atoms in total. The lowest BCUT2D eigenvalue weighted by Gasteiger charge is -2.19. The largest absolute Gasteiger partial charge is 0.353 e. The van der Waals surface area contributed by atoms with Gasteiger partial charge in [-0.3, -0.25) is 4.79 Å². The van der Waals surface area contributed by atoms with Gasteiger partial charge in [0.25, 0.3) is 0 Å². The maximum absolute atomic E-state index is 11.7. The Hall–Kier alpha value is -0.0500. The van der Waals surface area contributed by atoms with Gasteiger partial charge in [0, 0.05) is 17.3 Å². The highest BCUT2D eigenvalue weighted by molar-refractivity contribution is 9.09. The van der Waals surface area contributed by atoms with Crippen LogP contribution in [0.25, 0.3) is 0 Å². The summed E-state index contributed by atoms with van der Waals surface area (Å²) in [6, 6.07) is 0.336. The summed E-state index contributed by atoms with van der Waals surface area (Å²) >= 11 is 3.40. The van der Waals surface area contributed by atoms with Crippen LogP contribution in [-0.2, 0) is 4.79 Å². The van der Waals surface area contributed by atoms with Crippen LogP contribution in [0.5, 0.6) is 0 Å². The van der Waals surface area contributed by atoms with Gasteiger partial charge in [-0.15, -0.1) is 0 Å². The Morgan fingerprint density at radius 2 is 1.79 bits per heavy atom. The average Bonchev–Trinajstić information content (AvgIpc) is 2.19. The minimum Gasteiger partial charge on any atom is -0.353 e. The van der Waals surface area contributed by atoms with Crippen LogP contribution >= 0.6 is 15.9 Å². The summed E-state index contributed by atoms with van der Waals surface area (Å²) in [5, 5.41) is 4.05. The number of nitrogens with one attached hydrogen (secondary N) is 1. The molecule has 0 rings (SSSR count). The molecule has 0 saturated carbocycles. The fourth-order valence-electron chi connectivity index (χ4n) is 1.49. The van der Waals surface area contributed by atoms with E-state index in [4.69, 9.17) is 0 Å². The van der Waals surface area contributed by atoms with Crippen molar-refractivity contribution < 1.29 is 4.79 Å². The summed E-state index contributed by atoms with van der Waals surface area (Å²) in [5.41, 5.74) is 0. The predicted molar refractivity (Wildman–Crippen MR) is 64.7 cm³/mol. The van der Waals surface area contributed by atoms with E-state index < -0.39 is 0 Å². The van der Waals surface area contributed by atoms with Crippen molar-refractivity contribution in [1.82, 2.24) is 5.32 Å². The van der Waals surface area contributed by atoms with Gasteiger partial charge in [0.2, 0.25) is 5.91 Å². The van der Waals surface area contributed by atoms with Gasteiger partial charge in [-0.25, -0.2) is 0 Å². The van der Waals surface area contributed by atoms with Crippen LogP contribution in [0, 0.1) is 5.92 Å². The third kappa shape index (κ3) is 4.99. The number of carbonyl (C=O) groups excluding carboxylic acids is 1. The molecule has 0 aromatic heterocycles. The molecule has 0 heterocycles. The number of amides is 1. The number of carbonyl (C=O) groups is 1. The molecule has 1 amide bonds. The van der Waals surface area contributed by atoms with Crippen molar-refractivity contribution in [2.75, 3.05) is 5.33 Å². The summed E-state index contributed by atoms with van der Waals surface area (Å²) in [4.78, 5) is 11.7. The zero-order valence-electron chi connectivity index (χ0n) is 9.48. The molecule has 84 valence electrons. The van der Waals surface area contributed by atoms with Crippen LogP contribution in [0.15, 0.2) is 0 Å². The molecular weight excluding hydrogens is 242 g/mol. The molecule has 0 aliphatic rings. The number of rotatable bonds is 7. The molecule has 14 heavy (non-hydrogen) atoms. The van der Waals surface area contributed by atoms with Crippen molar-refractivity contribution in [1.29, 1.82) is 0 Å². The summed E-state index contributed by atoms with van der Waals surface area (Å²) < 4.78 is 0. The first-order valence-electron chi connectivity index (χ1n) is 5.55. The smallest absolute Gasteiger partial charge is 0.223 e. The van der Waals surface area contributed by atoms with Crippen LogP contribution in [0.2, 0.25) is 0 Å². The molecule has 0 aromatic carbocycles. The molecule has 0 bridgehead atoms. The van der Waals surface area contributed by atoms with Crippen molar-refractivity contribution in [2.45, 2.75) is 52.5 Å². The Balaban J connectivity index is 3.99. The van der Waals surface area contributed by atoms with Gasteiger partial charge in [0.1, 0.15) is 0 Å². The van der Waals surface area contributed by atoms with E-state index in [0.717, 1.165) is 31.0 Å². The minimum atomic E-state index is 0.194. The van der Waals surface area contributed by atoms with E-state index in [0.29, 0.717) is 6.04 Å². The topological polar surface area (TPSA) is 29.1 Å². The Morgan fingerprint density at radius 1 is 1.21 bits per heavy atom. The minimum absolute atomic E-state index is 0.194. The second kappa shape index (κ2) is 8.27. The summed E-state index contributed by atoms with van der Waals surface area (Å²) in [7, 11) is 0. The molecule has 0 aromatic rings. The normalized spacial score (nSPS) is 12.9. The number of alkyl halides is 1. The van der Waals surface area contributed by atoms with Crippen molar-refractivity contribution in [3.05, 3.63) is 0 Å². The third-order valence-electron chi connectivity index (χ3n) is 2.65. The third-order valence-corrected chi connectivity index (χ3v) is 3.11. The lowest BCUT2D eigenvalue weighted by Crippen LogP contribution is -2.38. The molecule has 0 radical (unpaired) electrons. The highest BCUT2D eigenvalue weighted by Crippen LogP contribution is 2.09. The first-order chi connectivity index (χ1) is 6.69. The van der Waals surface area contributed by atoms with Gasteiger partial charge in [0.05, 0.1) is 0 Å². The Morgan fingerprint density at radius 3 is 2.14 bits per heavy atom. The summed E-state index contributed by atoms with van der Waals surface area (Å²) in [6.45, 7) is 6.25. The Labute approximate surface area is 96.0 Å². The van der Waals surface area contributed by atoms with Gasteiger partial charge in [-0.1, -0.05) is 36.7 Å². The van der Waals surface area contributed by atoms with Crippen LogP contribution in [0.4, 0.5) is 0 Å². The molecule has 0 aliphatic carbocycles. The molecule has 1 N–H and O–H groups in total. The second-order valence-electron chi connectivity index (χ2n) is 3.60. The van der Waals surface area contributed by atoms with E-state index in [2.05, 4.69) is 42.0 Å². The van der Waals surface area contributed by atoms with E-state index in [1.165, 1.54) is 0 Å². The summed E-state index contributed by atoms with van der Waals surface area (Å²) in [6.07, 6.45) is 3.90. The maximum Gasteiger partial charge on any atom is 0.223 e. The van der Waals surface area contributed by atoms with Gasteiger partial charge in [-0.2, -0.15) is 0 Å². The molecule has 1 unspecified atom stereocenters. The fraction of sp³-hybridized carbons (Fsp3) is 0.909. The van der Waals surface area contributed by atoms with E-state index >= 15 is 0 Å². The Kier molecular flexibility index (Phi) is 8.24. The van der Waals surface area contributed by atoms with Crippen LogP contribution in [0.1, 0.15) is 46.5 Å². The molecular formula is C11H22BrNO. The summed E-state index contributed by atoms with van der Waals surface area (Å²) in [5.74, 6) is 0.419. The molecule has 0 aliphatic heterocycles. The van der Waals surface area contributed by atoms with E-state index in [1.807, 2.05) is 0 Å². The highest BCUT2D eigenvalue weighted by Gasteiger charge is 2.16. The number of hydrogen-bond acceptors (Lipinski definition) is 1. The first kappa shape index (κ1) is 13.9. The van der Waals surface area contributed by atoms with E-state index in [-0.39, 0.29) is 11.8 Å². The van der Waals surface area contributed by atoms with E-state index in [9.17, 15) is 4.79 Å². The van der Waals surface area contributed by atoms with Gasteiger partial charge in [0.15, 0.2) is 0 Å². The number of hydrogen-bond donors (Lipinski definition) is 1. The second-order valence-corrected chi connectivity index (χ2v) is 4.40. The van der Waals surface area contributed by atoms with Crippen LogP contribution < -0.4 is 5.32 Å². The van der Waals surface area contributed by atoms with Gasteiger partial charge < -0.3 is 5.32 Å². The molecule has 1 atom stereocenters. The molecule has 0 saturated heterocycles. The lowest BCUT2D eigenvalue weighted by atomic mass is 10.0. The standard InChI is InChI=1S/C11H22BrNO/c1-4-9(5-2)11(14)13-10(6-3)7-8-12/h9-10H,4-8H2,1-3H3,(H,13,14). The number of halogens is 1. The lowest BCUT2D eigenvalue weighted by molar-refractivity contribution is -0.125. The quantitative estimate of drug-likeness (QED) is 0.703. The van der Waals surface area contributed by atoms with Crippen LogP contribution in [0.3, 0.4) is 0 Å². The van der Waals surface area contributed by atoms with E-state index in [1.54, 1.807) is 0 Å². The molecule has 0 spiro atoms. The van der Waals surface area contributed by atoms with Gasteiger partial charge in [-0.05, 0) is 25.7 Å². The molecule has 0 fully saturated rings. The Bertz CT molecular complexity index is 157. The SMILES string of the molecule is CCC(CCBr)NC(=O)C(CC)CC. The maximum atomic E-state index is 11.7.